The molecule has 0 spiro atoms. The van der Waals surface area contributed by atoms with Gasteiger partial charge in [-0.05, 0) is 42.4 Å². The number of imidazole rings is 1. The van der Waals surface area contributed by atoms with E-state index in [0.717, 1.165) is 44.2 Å². The fourth-order valence-electron chi connectivity index (χ4n) is 3.93. The zero-order chi connectivity index (χ0) is 19.9. The highest BCUT2D eigenvalue weighted by Gasteiger charge is 2.28. The number of methoxy groups -OCH3 is 1. The molecule has 1 aromatic heterocycles. The second kappa shape index (κ2) is 9.62. The van der Waals surface area contributed by atoms with Crippen LogP contribution in [0.3, 0.4) is 0 Å². The van der Waals surface area contributed by atoms with E-state index < -0.39 is 0 Å². The molecule has 2 heterocycles. The van der Waals surface area contributed by atoms with Gasteiger partial charge in [0.1, 0.15) is 5.75 Å². The van der Waals surface area contributed by atoms with Gasteiger partial charge >= 0.3 is 0 Å². The van der Waals surface area contributed by atoms with Crippen LogP contribution in [0.5, 0.6) is 5.75 Å². The van der Waals surface area contributed by atoms with Gasteiger partial charge in [0, 0.05) is 39.1 Å². The average Bonchev–Trinajstić information content (AvgIpc) is 3.26. The highest BCUT2D eigenvalue weighted by Crippen LogP contribution is 2.27. The summed E-state index contributed by atoms with van der Waals surface area (Å²) in [5.41, 5.74) is 1.34. The number of aromatic nitrogens is 2. The molecule has 3 rings (SSSR count). The summed E-state index contributed by atoms with van der Waals surface area (Å²) in [5.74, 6) is 3.02. The summed E-state index contributed by atoms with van der Waals surface area (Å²) < 4.78 is 7.48. The first-order valence-corrected chi connectivity index (χ1v) is 10.2. The number of rotatable bonds is 6. The fraction of sp³-hybridized carbons (Fsp3) is 0.545. The Morgan fingerprint density at radius 2 is 2.14 bits per heavy atom. The zero-order valence-corrected chi connectivity index (χ0v) is 17.5. The van der Waals surface area contributed by atoms with E-state index in [4.69, 9.17) is 4.74 Å². The number of aliphatic imine (C=N–C) groups is 1. The molecule has 1 fully saturated rings. The average molecular weight is 384 g/mol. The smallest absolute Gasteiger partial charge is 0.193 e. The molecule has 3 atom stereocenters. The summed E-state index contributed by atoms with van der Waals surface area (Å²) in [4.78, 5) is 11.1. The molecule has 1 N–H and O–H groups in total. The third kappa shape index (κ3) is 4.86. The van der Waals surface area contributed by atoms with Crippen molar-refractivity contribution in [2.45, 2.75) is 38.6 Å². The van der Waals surface area contributed by atoms with Crippen LogP contribution in [0.2, 0.25) is 0 Å². The van der Waals surface area contributed by atoms with Gasteiger partial charge in [-0.3, -0.25) is 4.99 Å². The molecule has 0 bridgehead atoms. The van der Waals surface area contributed by atoms with Crippen molar-refractivity contribution in [3.8, 4) is 5.75 Å². The number of nitrogens with zero attached hydrogens (tertiary/aromatic N) is 4. The van der Waals surface area contributed by atoms with Crippen LogP contribution in [0, 0.1) is 5.92 Å². The molecule has 1 aromatic carbocycles. The third-order valence-electron chi connectivity index (χ3n) is 5.88. The van der Waals surface area contributed by atoms with Gasteiger partial charge in [-0.1, -0.05) is 26.0 Å². The van der Waals surface area contributed by atoms with Gasteiger partial charge in [-0.15, -0.1) is 0 Å². The molecule has 1 saturated heterocycles. The van der Waals surface area contributed by atoms with Crippen molar-refractivity contribution in [3.05, 3.63) is 48.5 Å². The van der Waals surface area contributed by atoms with Crippen molar-refractivity contribution < 1.29 is 4.74 Å². The lowest BCUT2D eigenvalue weighted by atomic mass is 9.93. The van der Waals surface area contributed by atoms with E-state index in [1.165, 1.54) is 5.56 Å². The van der Waals surface area contributed by atoms with Crippen molar-refractivity contribution >= 4 is 5.96 Å². The number of likely N-dealkylation sites (tertiary alicyclic amines) is 1. The monoisotopic (exact) mass is 383 g/mol. The Balaban J connectivity index is 1.52. The highest BCUT2D eigenvalue weighted by molar-refractivity contribution is 5.80. The molecule has 1 aliphatic rings. The van der Waals surface area contributed by atoms with Crippen molar-refractivity contribution in [1.29, 1.82) is 0 Å². The SMILES string of the molecule is CN=C(NCCC(C)c1ccc(OC)cc1)N1CCC(C)C(n2ccnc2)C1. The first-order chi connectivity index (χ1) is 13.6. The lowest BCUT2D eigenvalue weighted by Gasteiger charge is -2.39. The predicted molar refractivity (Wildman–Crippen MR) is 114 cm³/mol. The number of ether oxygens (including phenoxy) is 1. The van der Waals surface area contributed by atoms with Crippen LogP contribution in [0.15, 0.2) is 48.0 Å². The van der Waals surface area contributed by atoms with E-state index in [1.807, 2.05) is 31.7 Å². The maximum Gasteiger partial charge on any atom is 0.193 e. The van der Waals surface area contributed by atoms with E-state index in [9.17, 15) is 0 Å². The van der Waals surface area contributed by atoms with Gasteiger partial charge in [-0.2, -0.15) is 0 Å². The minimum absolute atomic E-state index is 0.438. The molecule has 1 aliphatic heterocycles. The Hall–Kier alpha value is -2.50. The molecule has 0 aliphatic carbocycles. The standard InChI is InChI=1S/C22H33N5O/c1-17(19-5-7-20(28-4)8-6-19)9-11-25-22(23-3)26-13-10-18(2)21(15-26)27-14-12-24-16-27/h5-8,12,14,16-18,21H,9-11,13,15H2,1-4H3,(H,23,25). The Kier molecular flexibility index (Phi) is 6.95. The zero-order valence-electron chi connectivity index (χ0n) is 17.5. The molecule has 152 valence electrons. The summed E-state index contributed by atoms with van der Waals surface area (Å²) in [5, 5.41) is 3.57. The van der Waals surface area contributed by atoms with Gasteiger partial charge in [0.05, 0.1) is 19.5 Å². The number of guanidine groups is 1. The van der Waals surface area contributed by atoms with Crippen LogP contribution in [0.4, 0.5) is 0 Å². The molecule has 6 nitrogen and oxygen atoms in total. The van der Waals surface area contributed by atoms with E-state index >= 15 is 0 Å². The molecular formula is C22H33N5O. The Morgan fingerprint density at radius 3 is 2.79 bits per heavy atom. The maximum absolute atomic E-state index is 5.25. The lowest BCUT2D eigenvalue weighted by molar-refractivity contribution is 0.189. The molecule has 6 heteroatoms. The number of hydrogen-bond donors (Lipinski definition) is 1. The second-order valence-corrected chi connectivity index (χ2v) is 7.73. The Labute approximate surface area is 168 Å². The molecule has 0 radical (unpaired) electrons. The van der Waals surface area contributed by atoms with Gasteiger partial charge < -0.3 is 19.5 Å². The maximum atomic E-state index is 5.25. The summed E-state index contributed by atoms with van der Waals surface area (Å²) in [6.07, 6.45) is 8.07. The van der Waals surface area contributed by atoms with Gasteiger partial charge in [0.2, 0.25) is 0 Å². The van der Waals surface area contributed by atoms with Crippen LogP contribution in [0.25, 0.3) is 0 Å². The largest absolute Gasteiger partial charge is 0.497 e. The second-order valence-electron chi connectivity index (χ2n) is 7.73. The van der Waals surface area contributed by atoms with E-state index in [2.05, 4.69) is 56.9 Å². The van der Waals surface area contributed by atoms with E-state index in [-0.39, 0.29) is 0 Å². The third-order valence-corrected chi connectivity index (χ3v) is 5.88. The van der Waals surface area contributed by atoms with E-state index in [1.54, 1.807) is 7.11 Å². The first kappa shape index (κ1) is 20.2. The van der Waals surface area contributed by atoms with Crippen molar-refractivity contribution in [3.63, 3.8) is 0 Å². The molecule has 3 unspecified atom stereocenters. The van der Waals surface area contributed by atoms with E-state index in [0.29, 0.717) is 17.9 Å². The number of nitrogens with one attached hydrogen (secondary N) is 1. The predicted octanol–water partition coefficient (Wildman–Crippen LogP) is 3.54. The number of piperidine rings is 1. The van der Waals surface area contributed by atoms with Crippen LogP contribution >= 0.6 is 0 Å². The van der Waals surface area contributed by atoms with Gasteiger partial charge in [-0.25, -0.2) is 4.98 Å². The van der Waals surface area contributed by atoms with Crippen molar-refractivity contribution in [1.82, 2.24) is 19.8 Å². The highest BCUT2D eigenvalue weighted by atomic mass is 16.5. The van der Waals surface area contributed by atoms with Crippen LogP contribution in [0.1, 0.15) is 44.2 Å². The van der Waals surface area contributed by atoms with Crippen LogP contribution < -0.4 is 10.1 Å². The summed E-state index contributed by atoms with van der Waals surface area (Å²) in [6, 6.07) is 8.81. The summed E-state index contributed by atoms with van der Waals surface area (Å²) >= 11 is 0. The van der Waals surface area contributed by atoms with Crippen molar-refractivity contribution in [2.24, 2.45) is 10.9 Å². The first-order valence-electron chi connectivity index (χ1n) is 10.2. The Bertz CT molecular complexity index is 741. The van der Waals surface area contributed by atoms with Crippen molar-refractivity contribution in [2.75, 3.05) is 33.8 Å². The topological polar surface area (TPSA) is 54.7 Å². The Morgan fingerprint density at radius 1 is 1.36 bits per heavy atom. The number of hydrogen-bond acceptors (Lipinski definition) is 3. The fourth-order valence-corrected chi connectivity index (χ4v) is 3.93. The summed E-state index contributed by atoms with van der Waals surface area (Å²) in [7, 11) is 3.58. The normalized spacial score (nSPS) is 21.4. The molecular weight excluding hydrogens is 350 g/mol. The minimum Gasteiger partial charge on any atom is -0.497 e. The van der Waals surface area contributed by atoms with Gasteiger partial charge in [0.25, 0.3) is 0 Å². The van der Waals surface area contributed by atoms with Crippen LogP contribution in [-0.2, 0) is 0 Å². The minimum atomic E-state index is 0.438. The molecule has 28 heavy (non-hydrogen) atoms. The summed E-state index contributed by atoms with van der Waals surface area (Å²) in [6.45, 7) is 7.51. The molecule has 2 aromatic rings. The van der Waals surface area contributed by atoms with Gasteiger partial charge in [0.15, 0.2) is 5.96 Å². The quantitative estimate of drug-likeness (QED) is 0.612. The molecule has 0 saturated carbocycles. The van der Waals surface area contributed by atoms with Crippen LogP contribution in [-0.4, -0.2) is 54.2 Å². The lowest BCUT2D eigenvalue weighted by Crippen LogP contribution is -2.49. The molecule has 0 amide bonds. The number of benzene rings is 1.